The van der Waals surface area contributed by atoms with Crippen LogP contribution >= 0.6 is 0 Å². The number of carbonyl (C=O) groups excluding carboxylic acids is 5. The molecule has 0 saturated heterocycles. The molecule has 2 aliphatic rings. The highest BCUT2D eigenvalue weighted by molar-refractivity contribution is 6.40. The molecule has 7 aromatic carbocycles. The number of aliphatic carboxylic acids is 2. The van der Waals surface area contributed by atoms with Crippen LogP contribution in [0.2, 0.25) is 0 Å². The number of rotatable bonds is 17. The lowest BCUT2D eigenvalue weighted by Crippen LogP contribution is -2.42. The van der Waals surface area contributed by atoms with E-state index in [1.165, 1.54) is 66.7 Å². The fourth-order valence-electron chi connectivity index (χ4n) is 9.60. The summed E-state index contributed by atoms with van der Waals surface area (Å²) in [4.78, 5) is 123. The second kappa shape index (κ2) is 20.1. The van der Waals surface area contributed by atoms with Crippen LogP contribution in [0.1, 0.15) is 119 Å². The topological polar surface area (TPSA) is 253 Å². The number of benzene rings is 7. The lowest BCUT2D eigenvalue weighted by Gasteiger charge is -2.31. The molecular formula is C58H43N3O13. The average Bonchev–Trinajstić information content (AvgIpc) is 3.39. The predicted octanol–water partition coefficient (Wildman–Crippen LogP) is 10.8. The zero-order valence-electron chi connectivity index (χ0n) is 39.4. The van der Waals surface area contributed by atoms with E-state index in [1.807, 2.05) is 0 Å². The molecule has 74 heavy (non-hydrogen) atoms. The number of imide groups is 2. The molecule has 0 atom stereocenters. The van der Waals surface area contributed by atoms with Gasteiger partial charge in [-0.3, -0.25) is 24.0 Å². The van der Waals surface area contributed by atoms with Gasteiger partial charge in [-0.05, 0) is 107 Å². The van der Waals surface area contributed by atoms with Crippen LogP contribution in [-0.4, -0.2) is 73.8 Å². The molecule has 7 aromatic rings. The van der Waals surface area contributed by atoms with E-state index in [0.29, 0.717) is 39.8 Å². The fraction of sp³-hybridized carbons (Fsp3) is 0.121. The fourth-order valence-corrected chi connectivity index (χ4v) is 9.60. The van der Waals surface area contributed by atoms with E-state index >= 15 is 0 Å². The first kappa shape index (κ1) is 49.2. The molecule has 0 aromatic heterocycles. The van der Waals surface area contributed by atoms with Crippen LogP contribution in [0, 0.1) is 0 Å². The van der Waals surface area contributed by atoms with Gasteiger partial charge in [-0.15, -0.1) is 0 Å². The van der Waals surface area contributed by atoms with Gasteiger partial charge in [0.2, 0.25) is 5.91 Å². The van der Waals surface area contributed by atoms with Gasteiger partial charge in [0.05, 0.1) is 22.5 Å². The Kier molecular flexibility index (Phi) is 13.4. The number of carboxylic acids is 4. The number of hydrogen-bond donors (Lipinski definition) is 5. The van der Waals surface area contributed by atoms with E-state index in [9.17, 15) is 53.4 Å². The number of anilines is 3. The molecule has 5 N–H and O–H groups in total. The molecule has 0 aliphatic carbocycles. The van der Waals surface area contributed by atoms with Crippen LogP contribution in [0.4, 0.5) is 17.1 Å². The van der Waals surface area contributed by atoms with Crippen molar-refractivity contribution in [2.24, 2.45) is 0 Å². The number of aromatic carboxylic acids is 2. The van der Waals surface area contributed by atoms with E-state index in [4.69, 9.17) is 10.2 Å². The summed E-state index contributed by atoms with van der Waals surface area (Å²) in [7, 11) is 0. The van der Waals surface area contributed by atoms with Gasteiger partial charge in [0.25, 0.3) is 23.6 Å². The molecule has 0 fully saturated rings. The quantitative estimate of drug-likeness (QED) is 0.0324. The van der Waals surface area contributed by atoms with E-state index < -0.39 is 53.4 Å². The highest BCUT2D eigenvalue weighted by atomic mass is 16.4. The number of carbonyl (C=O) groups is 9. The van der Waals surface area contributed by atoms with Crippen LogP contribution in [0.3, 0.4) is 0 Å². The Morgan fingerprint density at radius 1 is 0.459 bits per heavy atom. The molecule has 0 bridgehead atoms. The molecule has 0 spiro atoms. The normalized spacial score (nSPS) is 13.1. The third-order valence-electron chi connectivity index (χ3n) is 13.0. The number of amides is 5. The summed E-state index contributed by atoms with van der Waals surface area (Å²) < 4.78 is 0. The van der Waals surface area contributed by atoms with Crippen LogP contribution in [0.5, 0.6) is 0 Å². The molecular weight excluding hydrogens is 947 g/mol. The minimum atomic E-state index is -1.33. The Morgan fingerprint density at radius 3 is 1.22 bits per heavy atom. The number of nitrogens with zero attached hydrogens (tertiary/aromatic N) is 2. The highest BCUT2D eigenvalue weighted by Gasteiger charge is 2.40. The van der Waals surface area contributed by atoms with Crippen LogP contribution in [-0.2, 0) is 14.4 Å². The first-order valence-corrected chi connectivity index (χ1v) is 23.5. The second-order valence-corrected chi connectivity index (χ2v) is 17.7. The van der Waals surface area contributed by atoms with E-state index in [1.54, 1.807) is 60.7 Å². The van der Waals surface area contributed by atoms with Crippen molar-refractivity contribution in [1.29, 1.82) is 0 Å². The molecule has 2 heterocycles. The lowest BCUT2D eigenvalue weighted by molar-refractivity contribution is -0.132. The van der Waals surface area contributed by atoms with Gasteiger partial charge in [-0.2, -0.15) is 0 Å². The SMILES string of the molecule is CCCCCCCC(=O)Nc1cc(N2C(=O)c3ccc(C(=O)O)c4c(-c5ccc(/C=C/C(=O)O)cc5)ccc(c34)C2=O)cc(N2C(=O)c3ccc(C(=O)O)c4c(-c5ccc(/C=C/C(=O)O)cc5)ccc(c34)C2=O)c1. The molecule has 16 nitrogen and oxygen atoms in total. The number of nitrogens with one attached hydrogen (secondary N) is 1. The summed E-state index contributed by atoms with van der Waals surface area (Å²) in [6.45, 7) is 2.07. The van der Waals surface area contributed by atoms with Gasteiger partial charge < -0.3 is 25.7 Å². The van der Waals surface area contributed by atoms with Gasteiger partial charge >= 0.3 is 23.9 Å². The van der Waals surface area contributed by atoms with Gasteiger partial charge in [-0.1, -0.05) is 93.3 Å². The summed E-state index contributed by atoms with van der Waals surface area (Å²) >= 11 is 0. The number of hydrogen-bond acceptors (Lipinski definition) is 9. The monoisotopic (exact) mass is 989 g/mol. The Morgan fingerprint density at radius 2 is 0.838 bits per heavy atom. The molecule has 368 valence electrons. The molecule has 5 amide bonds. The Hall–Kier alpha value is -9.83. The predicted molar refractivity (Wildman–Crippen MR) is 277 cm³/mol. The standard InChI is InChI=1S/C58H43N3O13/c1-2-3-4-5-6-7-46(62)59-35-28-36(60-53(67)40-20-18-38(33-14-8-31(9-15-33)12-26-47(63)64)49-44(57(71)72)24-22-42(51(40)49)55(60)69)30-37(29-35)61-54(68)41-21-19-39(34-16-10-32(11-17-34)13-27-48(65)66)50-45(58(73)74)25-23-43(52(41)50)56(61)70/h8-30H,2-7H2,1H3,(H,59,62)(H,63,64)(H,65,66)(H,71,72)(H,73,74)/b26-12+,27-13+. The van der Waals surface area contributed by atoms with Crippen molar-refractivity contribution in [2.75, 3.05) is 15.1 Å². The van der Waals surface area contributed by atoms with Gasteiger partial charge in [0, 0.05) is 68.1 Å². The third kappa shape index (κ3) is 9.18. The summed E-state index contributed by atoms with van der Waals surface area (Å²) in [5, 5.41) is 42.1. The molecule has 16 heteroatoms. The molecule has 9 rings (SSSR count). The first-order chi connectivity index (χ1) is 35.6. The Labute approximate surface area is 421 Å². The van der Waals surface area contributed by atoms with E-state index in [2.05, 4.69) is 12.2 Å². The van der Waals surface area contributed by atoms with Crippen LogP contribution in [0.25, 0.3) is 56.0 Å². The lowest BCUT2D eigenvalue weighted by atomic mass is 9.86. The summed E-state index contributed by atoms with van der Waals surface area (Å²) in [6.07, 6.45) is 9.09. The summed E-state index contributed by atoms with van der Waals surface area (Å²) in [5.74, 6) is -8.90. The van der Waals surface area contributed by atoms with Crippen molar-refractivity contribution in [3.05, 3.63) is 172 Å². The zero-order chi connectivity index (χ0) is 52.5. The highest BCUT2D eigenvalue weighted by Crippen LogP contribution is 2.44. The Balaban J connectivity index is 1.15. The zero-order valence-corrected chi connectivity index (χ0v) is 39.4. The van der Waals surface area contributed by atoms with Crippen molar-refractivity contribution in [3.63, 3.8) is 0 Å². The van der Waals surface area contributed by atoms with Gasteiger partial charge in [0.15, 0.2) is 0 Å². The van der Waals surface area contributed by atoms with E-state index in [-0.39, 0.29) is 78.4 Å². The van der Waals surface area contributed by atoms with E-state index in [0.717, 1.165) is 47.6 Å². The first-order valence-electron chi connectivity index (χ1n) is 23.5. The maximum Gasteiger partial charge on any atom is 0.336 e. The van der Waals surface area contributed by atoms with Crippen molar-refractivity contribution in [2.45, 2.75) is 45.4 Å². The number of carboxylic acid groups (broad SMARTS) is 4. The third-order valence-corrected chi connectivity index (χ3v) is 13.0. The average molecular weight is 990 g/mol. The van der Waals surface area contributed by atoms with Crippen molar-refractivity contribution in [3.8, 4) is 22.3 Å². The molecule has 0 unspecified atom stereocenters. The maximum absolute atomic E-state index is 14.9. The van der Waals surface area contributed by atoms with Gasteiger partial charge in [0.1, 0.15) is 0 Å². The largest absolute Gasteiger partial charge is 0.478 e. The smallest absolute Gasteiger partial charge is 0.336 e. The van der Waals surface area contributed by atoms with Crippen LogP contribution in [0.15, 0.2) is 127 Å². The minimum absolute atomic E-state index is 0.0283. The van der Waals surface area contributed by atoms with Crippen LogP contribution < -0.4 is 15.1 Å². The summed E-state index contributed by atoms with van der Waals surface area (Å²) in [6, 6.07) is 28.2. The molecule has 0 radical (unpaired) electrons. The molecule has 2 aliphatic heterocycles. The van der Waals surface area contributed by atoms with Crippen molar-refractivity contribution < 1.29 is 63.6 Å². The second-order valence-electron chi connectivity index (χ2n) is 17.7. The van der Waals surface area contributed by atoms with Crippen molar-refractivity contribution in [1.82, 2.24) is 0 Å². The number of unbranched alkanes of at least 4 members (excludes halogenated alkanes) is 4. The summed E-state index contributed by atoms with van der Waals surface area (Å²) in [5.41, 5.74) is 1.99. The van der Waals surface area contributed by atoms with Gasteiger partial charge in [-0.25, -0.2) is 29.0 Å². The molecule has 0 saturated carbocycles. The maximum atomic E-state index is 14.9. The minimum Gasteiger partial charge on any atom is -0.478 e. The Bertz CT molecular complexity index is 3400. The van der Waals surface area contributed by atoms with Crippen molar-refractivity contribution >= 4 is 104 Å².